The molecule has 0 amide bonds. The molecule has 0 saturated heterocycles. The molecule has 0 fully saturated rings. The normalized spacial score (nSPS) is 13.3. The molecule has 1 unspecified atom stereocenters. The fourth-order valence-electron chi connectivity index (χ4n) is 2.17. The Bertz CT molecular complexity index is 710. The zero-order valence-corrected chi connectivity index (χ0v) is 15.2. The van der Waals surface area contributed by atoms with Crippen LogP contribution in [0.5, 0.6) is 0 Å². The second kappa shape index (κ2) is 7.05. The molecule has 3 nitrogen and oxygen atoms in total. The van der Waals surface area contributed by atoms with E-state index in [0.29, 0.717) is 4.90 Å². The van der Waals surface area contributed by atoms with Gasteiger partial charge in [0.25, 0.3) is 0 Å². The van der Waals surface area contributed by atoms with Crippen LogP contribution in [0.4, 0.5) is 0 Å². The number of nitrogens with one attached hydrogen (secondary N) is 1. The van der Waals surface area contributed by atoms with Crippen LogP contribution in [-0.4, -0.2) is 21.2 Å². The standard InChI is InChI=1S/C15H18BrNO2S2/c1-3-17-14(10-15-13(16)7-8-20-15)11-5-4-6-12(9-11)21(2,18)19/h4-9,14,17H,3,10H2,1-2H3. The van der Waals surface area contributed by atoms with Gasteiger partial charge in [0.05, 0.1) is 4.90 Å². The van der Waals surface area contributed by atoms with Crippen LogP contribution in [-0.2, 0) is 16.3 Å². The molecule has 0 saturated carbocycles. The van der Waals surface area contributed by atoms with Gasteiger partial charge in [-0.2, -0.15) is 0 Å². The van der Waals surface area contributed by atoms with Gasteiger partial charge in [0, 0.05) is 28.1 Å². The van der Waals surface area contributed by atoms with Crippen molar-refractivity contribution >= 4 is 37.1 Å². The van der Waals surface area contributed by atoms with Crippen LogP contribution >= 0.6 is 27.3 Å². The topological polar surface area (TPSA) is 46.2 Å². The number of rotatable bonds is 6. The molecule has 0 aliphatic heterocycles. The van der Waals surface area contributed by atoms with Gasteiger partial charge in [-0.1, -0.05) is 19.1 Å². The highest BCUT2D eigenvalue weighted by Crippen LogP contribution is 2.29. The van der Waals surface area contributed by atoms with Gasteiger partial charge < -0.3 is 5.32 Å². The van der Waals surface area contributed by atoms with Crippen LogP contribution in [0.1, 0.15) is 23.4 Å². The minimum atomic E-state index is -3.18. The third kappa shape index (κ3) is 4.39. The van der Waals surface area contributed by atoms with E-state index in [1.54, 1.807) is 29.5 Å². The number of thiophene rings is 1. The lowest BCUT2D eigenvalue weighted by Gasteiger charge is -2.18. The molecule has 0 radical (unpaired) electrons. The van der Waals surface area contributed by atoms with Crippen LogP contribution < -0.4 is 5.32 Å². The first-order valence-electron chi connectivity index (χ1n) is 6.67. The minimum absolute atomic E-state index is 0.103. The van der Waals surface area contributed by atoms with E-state index in [1.807, 2.05) is 12.1 Å². The highest BCUT2D eigenvalue weighted by Gasteiger charge is 2.16. The van der Waals surface area contributed by atoms with Gasteiger partial charge in [-0.15, -0.1) is 11.3 Å². The van der Waals surface area contributed by atoms with Crippen LogP contribution in [0.25, 0.3) is 0 Å². The molecule has 114 valence electrons. The number of sulfone groups is 1. The molecular weight excluding hydrogens is 370 g/mol. The predicted molar refractivity (Wildman–Crippen MR) is 91.7 cm³/mol. The maximum Gasteiger partial charge on any atom is 0.175 e. The van der Waals surface area contributed by atoms with Crippen molar-refractivity contribution in [3.63, 3.8) is 0 Å². The van der Waals surface area contributed by atoms with Crippen LogP contribution in [0.3, 0.4) is 0 Å². The van der Waals surface area contributed by atoms with Gasteiger partial charge in [-0.05, 0) is 51.6 Å². The van der Waals surface area contributed by atoms with E-state index < -0.39 is 9.84 Å². The number of hydrogen-bond donors (Lipinski definition) is 1. The Morgan fingerprint density at radius 3 is 2.67 bits per heavy atom. The van der Waals surface area contributed by atoms with Gasteiger partial charge in [0.1, 0.15) is 0 Å². The summed E-state index contributed by atoms with van der Waals surface area (Å²) < 4.78 is 24.5. The van der Waals surface area contributed by atoms with E-state index in [1.165, 1.54) is 11.1 Å². The number of likely N-dealkylation sites (N-methyl/N-ethyl adjacent to an activating group) is 1. The van der Waals surface area contributed by atoms with Crippen molar-refractivity contribution in [1.82, 2.24) is 5.32 Å². The molecule has 1 atom stereocenters. The Hall–Kier alpha value is -0.690. The van der Waals surface area contributed by atoms with Crippen LogP contribution in [0.2, 0.25) is 0 Å². The SMILES string of the molecule is CCNC(Cc1sccc1Br)c1cccc(S(C)(=O)=O)c1. The van der Waals surface area contributed by atoms with E-state index >= 15 is 0 Å². The molecule has 1 N–H and O–H groups in total. The van der Waals surface area contributed by atoms with Crippen molar-refractivity contribution < 1.29 is 8.42 Å². The monoisotopic (exact) mass is 387 g/mol. The van der Waals surface area contributed by atoms with E-state index in [0.717, 1.165) is 23.0 Å². The molecule has 6 heteroatoms. The molecule has 1 aromatic carbocycles. The van der Waals surface area contributed by atoms with Crippen molar-refractivity contribution in [2.75, 3.05) is 12.8 Å². The molecule has 0 bridgehead atoms. The highest BCUT2D eigenvalue weighted by molar-refractivity contribution is 9.10. The average Bonchev–Trinajstić information content (AvgIpc) is 2.83. The Kier molecular flexibility index (Phi) is 5.60. The summed E-state index contributed by atoms with van der Waals surface area (Å²) in [6.45, 7) is 2.88. The maximum absolute atomic E-state index is 11.7. The van der Waals surface area contributed by atoms with Crippen LogP contribution in [0.15, 0.2) is 45.1 Å². The summed E-state index contributed by atoms with van der Waals surface area (Å²) in [5.41, 5.74) is 1.00. The number of halogens is 1. The fourth-order valence-corrected chi connectivity index (χ4v) is 4.41. The second-order valence-corrected chi connectivity index (χ2v) is 8.72. The van der Waals surface area contributed by atoms with Crippen LogP contribution in [0, 0.1) is 0 Å². The van der Waals surface area contributed by atoms with Gasteiger partial charge in [-0.3, -0.25) is 0 Å². The summed E-state index contributed by atoms with van der Waals surface area (Å²) in [5, 5.41) is 5.49. The quantitative estimate of drug-likeness (QED) is 0.819. The lowest BCUT2D eigenvalue weighted by atomic mass is 10.0. The lowest BCUT2D eigenvalue weighted by Crippen LogP contribution is -2.23. The first kappa shape index (κ1) is 16.7. The lowest BCUT2D eigenvalue weighted by molar-refractivity contribution is 0.551. The van der Waals surface area contributed by atoms with Gasteiger partial charge >= 0.3 is 0 Å². The summed E-state index contributed by atoms with van der Waals surface area (Å²) in [6, 6.07) is 9.33. The Morgan fingerprint density at radius 1 is 1.33 bits per heavy atom. The Labute approximate surface area is 138 Å². The second-order valence-electron chi connectivity index (χ2n) is 4.85. The molecule has 0 aliphatic rings. The fraction of sp³-hybridized carbons (Fsp3) is 0.333. The number of hydrogen-bond acceptors (Lipinski definition) is 4. The zero-order valence-electron chi connectivity index (χ0n) is 12.0. The third-order valence-electron chi connectivity index (χ3n) is 3.22. The van der Waals surface area contributed by atoms with E-state index in [2.05, 4.69) is 33.6 Å². The molecule has 21 heavy (non-hydrogen) atoms. The molecular formula is C15H18BrNO2S2. The van der Waals surface area contributed by atoms with Crippen molar-refractivity contribution in [3.8, 4) is 0 Å². The summed E-state index contributed by atoms with van der Waals surface area (Å²) >= 11 is 5.25. The van der Waals surface area contributed by atoms with Crippen molar-refractivity contribution in [2.45, 2.75) is 24.3 Å². The van der Waals surface area contributed by atoms with E-state index in [9.17, 15) is 8.42 Å². The van der Waals surface area contributed by atoms with E-state index in [4.69, 9.17) is 0 Å². The number of benzene rings is 1. The molecule has 0 spiro atoms. The predicted octanol–water partition coefficient (Wildman–Crippen LogP) is 3.81. The van der Waals surface area contributed by atoms with Gasteiger partial charge in [-0.25, -0.2) is 8.42 Å². The largest absolute Gasteiger partial charge is 0.310 e. The average molecular weight is 388 g/mol. The summed E-state index contributed by atoms with van der Waals surface area (Å²) in [6.07, 6.45) is 2.07. The van der Waals surface area contributed by atoms with Crippen molar-refractivity contribution in [3.05, 3.63) is 50.6 Å². The summed E-state index contributed by atoms with van der Waals surface area (Å²) in [4.78, 5) is 1.62. The molecule has 1 heterocycles. The minimum Gasteiger partial charge on any atom is -0.310 e. The summed E-state index contributed by atoms with van der Waals surface area (Å²) in [7, 11) is -3.18. The van der Waals surface area contributed by atoms with Crippen molar-refractivity contribution in [2.24, 2.45) is 0 Å². The molecule has 2 rings (SSSR count). The zero-order chi connectivity index (χ0) is 15.5. The molecule has 1 aromatic heterocycles. The Balaban J connectivity index is 2.32. The maximum atomic E-state index is 11.7. The van der Waals surface area contributed by atoms with Crippen molar-refractivity contribution in [1.29, 1.82) is 0 Å². The Morgan fingerprint density at radius 2 is 2.10 bits per heavy atom. The molecule has 2 aromatic rings. The smallest absolute Gasteiger partial charge is 0.175 e. The molecule has 0 aliphatic carbocycles. The van der Waals surface area contributed by atoms with Gasteiger partial charge in [0.2, 0.25) is 0 Å². The van der Waals surface area contributed by atoms with E-state index in [-0.39, 0.29) is 6.04 Å². The first-order valence-corrected chi connectivity index (χ1v) is 10.2. The third-order valence-corrected chi connectivity index (χ3v) is 6.28. The van der Waals surface area contributed by atoms with Gasteiger partial charge in [0.15, 0.2) is 9.84 Å². The summed E-state index contributed by atoms with van der Waals surface area (Å²) in [5.74, 6) is 0. The first-order chi connectivity index (χ1) is 9.91. The highest BCUT2D eigenvalue weighted by atomic mass is 79.9.